The Morgan fingerprint density at radius 3 is 2.81 bits per heavy atom. The lowest BCUT2D eigenvalue weighted by atomic mass is 10.2. The maximum Gasteiger partial charge on any atom is 0.203 e. The van der Waals surface area contributed by atoms with Gasteiger partial charge in [0, 0.05) is 16.5 Å². The van der Waals surface area contributed by atoms with Crippen LogP contribution in [-0.2, 0) is 0 Å². The van der Waals surface area contributed by atoms with Gasteiger partial charge in [-0.15, -0.1) is 23.1 Å². The van der Waals surface area contributed by atoms with E-state index in [0.717, 1.165) is 10.7 Å². The molecule has 0 atom stereocenters. The third-order valence-corrected chi connectivity index (χ3v) is 3.34. The Morgan fingerprint density at radius 1 is 1.38 bits per heavy atom. The summed E-state index contributed by atoms with van der Waals surface area (Å²) >= 11 is 3.26. The summed E-state index contributed by atoms with van der Waals surface area (Å²) in [6, 6.07) is 8.24. The molecule has 0 aliphatic carbocycles. The quantitative estimate of drug-likeness (QED) is 0.513. The molecule has 0 radical (unpaired) electrons. The molecular formula is C11H11N3S2. The van der Waals surface area contributed by atoms with Gasteiger partial charge in [0.15, 0.2) is 0 Å². The first-order chi connectivity index (χ1) is 7.88. The van der Waals surface area contributed by atoms with Gasteiger partial charge < -0.3 is 0 Å². The summed E-state index contributed by atoms with van der Waals surface area (Å²) in [5.74, 6) is 0. The Labute approximate surface area is 103 Å². The maximum absolute atomic E-state index is 4.11. The van der Waals surface area contributed by atoms with Gasteiger partial charge in [-0.3, -0.25) is 5.43 Å². The van der Waals surface area contributed by atoms with E-state index in [1.807, 2.05) is 17.5 Å². The molecule has 16 heavy (non-hydrogen) atoms. The molecule has 0 aliphatic heterocycles. The molecule has 1 N–H and O–H groups in total. The highest BCUT2D eigenvalue weighted by Gasteiger charge is 1.91. The molecule has 0 amide bonds. The van der Waals surface area contributed by atoms with Crippen LogP contribution in [0.4, 0.5) is 5.13 Å². The van der Waals surface area contributed by atoms with Crippen LogP contribution in [-0.4, -0.2) is 17.5 Å². The number of anilines is 1. The minimum Gasteiger partial charge on any atom is -0.253 e. The second-order valence-corrected chi connectivity index (χ2v) is 4.75. The molecule has 3 nitrogen and oxygen atoms in total. The summed E-state index contributed by atoms with van der Waals surface area (Å²) < 4.78 is 0. The molecule has 0 unspecified atom stereocenters. The Morgan fingerprint density at radius 2 is 2.19 bits per heavy atom. The molecule has 1 aromatic carbocycles. The van der Waals surface area contributed by atoms with E-state index in [4.69, 9.17) is 0 Å². The van der Waals surface area contributed by atoms with E-state index >= 15 is 0 Å². The third kappa shape index (κ3) is 3.08. The van der Waals surface area contributed by atoms with Crippen molar-refractivity contribution in [3.63, 3.8) is 0 Å². The average molecular weight is 249 g/mol. The van der Waals surface area contributed by atoms with Gasteiger partial charge >= 0.3 is 0 Å². The lowest BCUT2D eigenvalue weighted by molar-refractivity contribution is 1.29. The zero-order valence-corrected chi connectivity index (χ0v) is 10.4. The zero-order valence-electron chi connectivity index (χ0n) is 8.75. The van der Waals surface area contributed by atoms with Crippen molar-refractivity contribution in [2.45, 2.75) is 4.90 Å². The average Bonchev–Trinajstić information content (AvgIpc) is 2.83. The summed E-state index contributed by atoms with van der Waals surface area (Å²) in [4.78, 5) is 5.32. The highest BCUT2D eigenvalue weighted by atomic mass is 32.2. The van der Waals surface area contributed by atoms with Crippen molar-refractivity contribution in [2.75, 3.05) is 11.7 Å². The van der Waals surface area contributed by atoms with Crippen molar-refractivity contribution in [3.8, 4) is 0 Å². The number of benzene rings is 1. The summed E-state index contributed by atoms with van der Waals surface area (Å²) in [6.45, 7) is 0. The van der Waals surface area contributed by atoms with Gasteiger partial charge in [-0.1, -0.05) is 12.1 Å². The standard InChI is InChI=1S/C11H11N3S2/c1-15-10-4-2-9(3-5-10)8-13-14-11-12-6-7-16-11/h2-8H,1H3,(H,12,14)/b13-8+. The van der Waals surface area contributed by atoms with Gasteiger partial charge in [0.05, 0.1) is 6.21 Å². The van der Waals surface area contributed by atoms with Crippen LogP contribution in [0, 0.1) is 0 Å². The summed E-state index contributed by atoms with van der Waals surface area (Å²) in [5, 5.41) is 6.82. The van der Waals surface area contributed by atoms with Crippen LogP contribution in [0.2, 0.25) is 0 Å². The van der Waals surface area contributed by atoms with E-state index < -0.39 is 0 Å². The minimum atomic E-state index is 0.803. The number of thiazole rings is 1. The molecule has 5 heteroatoms. The monoisotopic (exact) mass is 249 g/mol. The fraction of sp³-hybridized carbons (Fsp3) is 0.0909. The van der Waals surface area contributed by atoms with E-state index in [1.54, 1.807) is 24.2 Å². The Bertz CT molecular complexity index is 449. The van der Waals surface area contributed by atoms with Crippen LogP contribution in [0.15, 0.2) is 45.8 Å². The van der Waals surface area contributed by atoms with Crippen LogP contribution in [0.3, 0.4) is 0 Å². The van der Waals surface area contributed by atoms with E-state index in [9.17, 15) is 0 Å². The molecule has 0 spiro atoms. The predicted molar refractivity (Wildman–Crippen MR) is 71.6 cm³/mol. The Kier molecular flexibility index (Phi) is 3.96. The molecule has 82 valence electrons. The second-order valence-electron chi connectivity index (χ2n) is 2.98. The minimum absolute atomic E-state index is 0.803. The normalized spacial score (nSPS) is 10.8. The predicted octanol–water partition coefficient (Wildman–Crippen LogP) is 3.31. The van der Waals surface area contributed by atoms with Gasteiger partial charge in [0.1, 0.15) is 0 Å². The number of hydrazone groups is 1. The summed E-state index contributed by atoms with van der Waals surface area (Å²) in [5.41, 5.74) is 3.94. The van der Waals surface area contributed by atoms with Crippen molar-refractivity contribution < 1.29 is 0 Å². The molecular weight excluding hydrogens is 238 g/mol. The first kappa shape index (κ1) is 11.2. The van der Waals surface area contributed by atoms with Crippen molar-refractivity contribution in [3.05, 3.63) is 41.4 Å². The lowest BCUT2D eigenvalue weighted by Crippen LogP contribution is -1.89. The lowest BCUT2D eigenvalue weighted by Gasteiger charge is -1.96. The van der Waals surface area contributed by atoms with Crippen molar-refractivity contribution in [2.24, 2.45) is 5.10 Å². The maximum atomic E-state index is 4.11. The Balaban J connectivity index is 1.95. The first-order valence-corrected chi connectivity index (χ1v) is 6.81. The van der Waals surface area contributed by atoms with Gasteiger partial charge in [0.25, 0.3) is 0 Å². The Hall–Kier alpha value is -1.33. The van der Waals surface area contributed by atoms with E-state index in [-0.39, 0.29) is 0 Å². The van der Waals surface area contributed by atoms with E-state index in [1.165, 1.54) is 16.2 Å². The van der Waals surface area contributed by atoms with E-state index in [2.05, 4.69) is 33.9 Å². The van der Waals surface area contributed by atoms with Crippen LogP contribution in [0.5, 0.6) is 0 Å². The molecule has 1 heterocycles. The summed E-state index contributed by atoms with van der Waals surface area (Å²) in [6.07, 6.45) is 5.59. The van der Waals surface area contributed by atoms with Gasteiger partial charge in [-0.25, -0.2) is 4.98 Å². The second kappa shape index (κ2) is 5.67. The smallest absolute Gasteiger partial charge is 0.203 e. The SMILES string of the molecule is CSc1ccc(/C=N/Nc2nccs2)cc1. The number of hydrogen-bond donors (Lipinski definition) is 1. The highest BCUT2D eigenvalue weighted by Crippen LogP contribution is 2.14. The fourth-order valence-corrected chi connectivity index (χ4v) is 2.02. The first-order valence-electron chi connectivity index (χ1n) is 4.71. The number of hydrogen-bond acceptors (Lipinski definition) is 5. The highest BCUT2D eigenvalue weighted by molar-refractivity contribution is 7.98. The number of nitrogens with zero attached hydrogens (tertiary/aromatic N) is 2. The number of aromatic nitrogens is 1. The molecule has 2 rings (SSSR count). The molecule has 2 aromatic rings. The molecule has 0 saturated heterocycles. The molecule has 0 fully saturated rings. The molecule has 1 aromatic heterocycles. The fourth-order valence-electron chi connectivity index (χ4n) is 1.13. The third-order valence-electron chi connectivity index (χ3n) is 1.92. The van der Waals surface area contributed by atoms with E-state index in [0.29, 0.717) is 0 Å². The van der Waals surface area contributed by atoms with Crippen molar-refractivity contribution in [1.82, 2.24) is 4.98 Å². The number of nitrogens with one attached hydrogen (secondary N) is 1. The topological polar surface area (TPSA) is 37.3 Å². The zero-order chi connectivity index (χ0) is 11.2. The van der Waals surface area contributed by atoms with Crippen LogP contribution in [0.1, 0.15) is 5.56 Å². The van der Waals surface area contributed by atoms with Gasteiger partial charge in [-0.2, -0.15) is 5.10 Å². The van der Waals surface area contributed by atoms with Crippen LogP contribution >= 0.6 is 23.1 Å². The van der Waals surface area contributed by atoms with Crippen molar-refractivity contribution in [1.29, 1.82) is 0 Å². The molecule has 0 bridgehead atoms. The number of thioether (sulfide) groups is 1. The number of rotatable bonds is 4. The molecule has 0 saturated carbocycles. The van der Waals surface area contributed by atoms with Crippen LogP contribution < -0.4 is 5.43 Å². The van der Waals surface area contributed by atoms with Crippen molar-refractivity contribution >= 4 is 34.4 Å². The largest absolute Gasteiger partial charge is 0.253 e. The summed E-state index contributed by atoms with van der Waals surface area (Å²) in [7, 11) is 0. The molecule has 0 aliphatic rings. The van der Waals surface area contributed by atoms with Gasteiger partial charge in [-0.05, 0) is 24.0 Å². The van der Waals surface area contributed by atoms with Gasteiger partial charge in [0.2, 0.25) is 5.13 Å². The van der Waals surface area contributed by atoms with Crippen LogP contribution in [0.25, 0.3) is 0 Å².